The second-order valence-electron chi connectivity index (χ2n) is 3.44. The number of rotatable bonds is 4. The number of thiophene rings is 1. The van der Waals surface area contributed by atoms with Gasteiger partial charge in [0.1, 0.15) is 12.7 Å². The zero-order valence-electron chi connectivity index (χ0n) is 8.84. The summed E-state index contributed by atoms with van der Waals surface area (Å²) < 4.78 is 6.32. The molecule has 0 amide bonds. The summed E-state index contributed by atoms with van der Waals surface area (Å²) in [4.78, 5) is 0.826. The third-order valence-corrected chi connectivity index (χ3v) is 3.91. The number of phenols is 1. The molecule has 2 N–H and O–H groups in total. The first-order valence-electron chi connectivity index (χ1n) is 5.01. The van der Waals surface area contributed by atoms with Crippen LogP contribution >= 0.6 is 27.3 Å². The summed E-state index contributed by atoms with van der Waals surface area (Å²) in [7, 11) is 0. The topological polar surface area (TPSA) is 49.7 Å². The number of ether oxygens (including phenoxy) is 1. The molecule has 0 aliphatic carbocycles. The molecule has 0 saturated carbocycles. The molecule has 17 heavy (non-hydrogen) atoms. The third-order valence-electron chi connectivity index (χ3n) is 2.18. The number of hydrogen-bond acceptors (Lipinski definition) is 4. The van der Waals surface area contributed by atoms with Crippen molar-refractivity contribution in [2.24, 2.45) is 0 Å². The highest BCUT2D eigenvalue weighted by molar-refractivity contribution is 9.11. The zero-order valence-corrected chi connectivity index (χ0v) is 11.2. The predicted octanol–water partition coefficient (Wildman–Crippen LogP) is 3.33. The van der Waals surface area contributed by atoms with Crippen LogP contribution < -0.4 is 4.74 Å². The van der Waals surface area contributed by atoms with Gasteiger partial charge < -0.3 is 14.9 Å². The van der Waals surface area contributed by atoms with Crippen molar-refractivity contribution in [3.05, 3.63) is 45.1 Å². The Morgan fingerprint density at radius 2 is 2.00 bits per heavy atom. The largest absolute Gasteiger partial charge is 0.504 e. The number of para-hydroxylation sites is 2. The van der Waals surface area contributed by atoms with E-state index in [1.807, 2.05) is 12.1 Å². The van der Waals surface area contributed by atoms with Gasteiger partial charge in [-0.1, -0.05) is 12.1 Å². The van der Waals surface area contributed by atoms with Gasteiger partial charge in [-0.15, -0.1) is 11.3 Å². The smallest absolute Gasteiger partial charge is 0.161 e. The molecule has 2 aromatic rings. The van der Waals surface area contributed by atoms with Crippen molar-refractivity contribution >= 4 is 27.3 Å². The van der Waals surface area contributed by atoms with Crippen LogP contribution in [0.5, 0.6) is 11.5 Å². The first-order chi connectivity index (χ1) is 8.16. The van der Waals surface area contributed by atoms with Gasteiger partial charge in [-0.3, -0.25) is 0 Å². The summed E-state index contributed by atoms with van der Waals surface area (Å²) in [6.45, 7) is 0.116. The van der Waals surface area contributed by atoms with Crippen molar-refractivity contribution in [2.45, 2.75) is 6.10 Å². The summed E-state index contributed by atoms with van der Waals surface area (Å²) in [5.41, 5.74) is 0. The molecular formula is C12H11BrO3S. The van der Waals surface area contributed by atoms with Gasteiger partial charge in [-0.05, 0) is 40.2 Å². The van der Waals surface area contributed by atoms with E-state index in [1.165, 1.54) is 11.3 Å². The van der Waals surface area contributed by atoms with Gasteiger partial charge >= 0.3 is 0 Å². The van der Waals surface area contributed by atoms with E-state index in [0.29, 0.717) is 5.75 Å². The Balaban J connectivity index is 1.97. The van der Waals surface area contributed by atoms with E-state index < -0.39 is 6.10 Å². The molecule has 1 atom stereocenters. The molecule has 0 aliphatic rings. The molecule has 2 rings (SSSR count). The highest BCUT2D eigenvalue weighted by Crippen LogP contribution is 2.29. The fraction of sp³-hybridized carbons (Fsp3) is 0.167. The molecule has 0 aliphatic heterocycles. The highest BCUT2D eigenvalue weighted by atomic mass is 79.9. The Kier molecular flexibility index (Phi) is 4.04. The van der Waals surface area contributed by atoms with E-state index in [2.05, 4.69) is 15.9 Å². The van der Waals surface area contributed by atoms with Crippen LogP contribution in [0, 0.1) is 0 Å². The Bertz CT molecular complexity index is 498. The van der Waals surface area contributed by atoms with Crippen molar-refractivity contribution in [3.8, 4) is 11.5 Å². The van der Waals surface area contributed by atoms with Gasteiger partial charge in [0, 0.05) is 4.88 Å². The molecule has 1 aromatic carbocycles. The third kappa shape index (κ3) is 3.21. The van der Waals surface area contributed by atoms with Gasteiger partial charge in [0.2, 0.25) is 0 Å². The first kappa shape index (κ1) is 12.4. The lowest BCUT2D eigenvalue weighted by Gasteiger charge is -2.11. The molecule has 0 fully saturated rings. The predicted molar refractivity (Wildman–Crippen MR) is 70.6 cm³/mol. The van der Waals surface area contributed by atoms with Crippen LogP contribution in [-0.2, 0) is 0 Å². The van der Waals surface area contributed by atoms with Gasteiger partial charge in [-0.2, -0.15) is 0 Å². The molecule has 0 spiro atoms. The van der Waals surface area contributed by atoms with Crippen LogP contribution in [0.2, 0.25) is 0 Å². The van der Waals surface area contributed by atoms with E-state index in [-0.39, 0.29) is 12.4 Å². The minimum Gasteiger partial charge on any atom is -0.504 e. The molecular weight excluding hydrogens is 304 g/mol. The number of phenolic OH excluding ortho intramolecular Hbond substituents is 1. The summed E-state index contributed by atoms with van der Waals surface area (Å²) in [5.74, 6) is 0.453. The number of aliphatic hydroxyl groups is 1. The van der Waals surface area contributed by atoms with Crippen molar-refractivity contribution in [1.82, 2.24) is 0 Å². The standard InChI is InChI=1S/C12H11BrO3S/c13-12-6-5-11(17-12)9(15)7-16-10-4-2-1-3-8(10)14/h1-6,9,14-15H,7H2. The van der Waals surface area contributed by atoms with E-state index in [4.69, 9.17) is 4.74 Å². The first-order valence-corrected chi connectivity index (χ1v) is 6.62. The van der Waals surface area contributed by atoms with Gasteiger partial charge in [-0.25, -0.2) is 0 Å². The average Bonchev–Trinajstić information content (AvgIpc) is 2.74. The van der Waals surface area contributed by atoms with Gasteiger partial charge in [0.15, 0.2) is 11.5 Å². The molecule has 1 heterocycles. The number of halogens is 1. The molecule has 90 valence electrons. The summed E-state index contributed by atoms with van der Waals surface area (Å²) >= 11 is 4.79. The Labute approximate surface area is 111 Å². The summed E-state index contributed by atoms with van der Waals surface area (Å²) in [6, 6.07) is 10.4. The fourth-order valence-electron chi connectivity index (χ4n) is 1.34. The van der Waals surface area contributed by atoms with Crippen molar-refractivity contribution in [1.29, 1.82) is 0 Å². The maximum atomic E-state index is 9.87. The van der Waals surface area contributed by atoms with Crippen molar-refractivity contribution < 1.29 is 14.9 Å². The quantitative estimate of drug-likeness (QED) is 0.910. The minimum atomic E-state index is -0.689. The SMILES string of the molecule is Oc1ccccc1OCC(O)c1ccc(Br)s1. The molecule has 0 radical (unpaired) electrons. The van der Waals surface area contributed by atoms with Gasteiger partial charge in [0.05, 0.1) is 3.79 Å². The number of hydrogen-bond donors (Lipinski definition) is 2. The average molecular weight is 315 g/mol. The zero-order chi connectivity index (χ0) is 12.3. The van der Waals surface area contributed by atoms with E-state index in [0.717, 1.165) is 8.66 Å². The lowest BCUT2D eigenvalue weighted by atomic mass is 10.3. The van der Waals surface area contributed by atoms with Crippen LogP contribution in [0.1, 0.15) is 11.0 Å². The number of aromatic hydroxyl groups is 1. The second-order valence-corrected chi connectivity index (χ2v) is 5.93. The minimum absolute atomic E-state index is 0.0760. The summed E-state index contributed by atoms with van der Waals surface area (Å²) in [6.07, 6.45) is -0.689. The highest BCUT2D eigenvalue weighted by Gasteiger charge is 2.11. The monoisotopic (exact) mass is 314 g/mol. The van der Waals surface area contributed by atoms with Crippen molar-refractivity contribution in [3.63, 3.8) is 0 Å². The molecule has 0 saturated heterocycles. The lowest BCUT2D eigenvalue weighted by molar-refractivity contribution is 0.109. The normalized spacial score (nSPS) is 12.4. The number of aliphatic hydroxyl groups excluding tert-OH is 1. The van der Waals surface area contributed by atoms with Crippen LogP contribution in [0.25, 0.3) is 0 Å². The van der Waals surface area contributed by atoms with Crippen molar-refractivity contribution in [2.75, 3.05) is 6.61 Å². The Hall–Kier alpha value is -1.04. The Morgan fingerprint density at radius 1 is 1.24 bits per heavy atom. The van der Waals surface area contributed by atoms with Crippen LogP contribution in [0.15, 0.2) is 40.2 Å². The second kappa shape index (κ2) is 5.53. The van der Waals surface area contributed by atoms with Gasteiger partial charge in [0.25, 0.3) is 0 Å². The van der Waals surface area contributed by atoms with E-state index >= 15 is 0 Å². The Morgan fingerprint density at radius 3 is 2.65 bits per heavy atom. The maximum absolute atomic E-state index is 9.87. The van der Waals surface area contributed by atoms with Crippen LogP contribution in [0.3, 0.4) is 0 Å². The molecule has 1 unspecified atom stereocenters. The molecule has 5 heteroatoms. The lowest BCUT2D eigenvalue weighted by Crippen LogP contribution is -2.08. The molecule has 3 nitrogen and oxygen atoms in total. The van der Waals surface area contributed by atoms with Crippen LogP contribution in [0.4, 0.5) is 0 Å². The maximum Gasteiger partial charge on any atom is 0.161 e. The van der Waals surface area contributed by atoms with E-state index in [1.54, 1.807) is 24.3 Å². The fourth-order valence-corrected chi connectivity index (χ4v) is 2.73. The molecule has 1 aromatic heterocycles. The van der Waals surface area contributed by atoms with E-state index in [9.17, 15) is 10.2 Å². The summed E-state index contributed by atoms with van der Waals surface area (Å²) in [5, 5.41) is 19.4. The molecule has 0 bridgehead atoms. The van der Waals surface area contributed by atoms with Crippen LogP contribution in [-0.4, -0.2) is 16.8 Å². The number of benzene rings is 1.